The first-order chi connectivity index (χ1) is 9.50. The van der Waals surface area contributed by atoms with Crippen LogP contribution in [0.3, 0.4) is 0 Å². The van der Waals surface area contributed by atoms with E-state index in [2.05, 4.69) is 38.1 Å². The molecule has 0 aromatic heterocycles. The van der Waals surface area contributed by atoms with Crippen molar-refractivity contribution < 1.29 is 4.79 Å². The molecule has 2 aromatic carbocycles. The maximum Gasteiger partial charge on any atom is 0.218 e. The van der Waals surface area contributed by atoms with Crippen LogP contribution in [-0.2, 0) is 4.79 Å². The second-order valence-corrected chi connectivity index (χ2v) is 8.38. The van der Waals surface area contributed by atoms with Crippen molar-refractivity contribution in [2.24, 2.45) is 5.73 Å². The molecule has 0 unspecified atom stereocenters. The standard InChI is InChI=1S/C17H20NOP/c1-17(2,13-16(18)19)20(14-9-5-3-6-10-14)15-11-7-4-8-12-15/h3-12H,13H2,1-2H3,(H2,18,19). The molecule has 0 fully saturated rings. The van der Waals surface area contributed by atoms with Gasteiger partial charge in [-0.2, -0.15) is 0 Å². The maximum atomic E-state index is 11.4. The predicted octanol–water partition coefficient (Wildman–Crippen LogP) is 2.77. The minimum Gasteiger partial charge on any atom is -0.370 e. The second kappa shape index (κ2) is 6.19. The minimum absolute atomic E-state index is 0.163. The highest BCUT2D eigenvalue weighted by molar-refractivity contribution is 7.74. The number of hydrogen-bond acceptors (Lipinski definition) is 1. The molecule has 20 heavy (non-hydrogen) atoms. The first-order valence-electron chi connectivity index (χ1n) is 6.69. The molecule has 0 aliphatic heterocycles. The Kier molecular flexibility index (Phi) is 4.57. The van der Waals surface area contributed by atoms with Crippen LogP contribution in [0.15, 0.2) is 60.7 Å². The Balaban J connectivity index is 2.48. The van der Waals surface area contributed by atoms with Crippen LogP contribution in [0, 0.1) is 0 Å². The van der Waals surface area contributed by atoms with E-state index in [0.29, 0.717) is 6.42 Å². The van der Waals surface area contributed by atoms with Crippen LogP contribution in [0.5, 0.6) is 0 Å². The first-order valence-corrected chi connectivity index (χ1v) is 8.03. The first kappa shape index (κ1) is 14.7. The Morgan fingerprint density at radius 1 is 0.950 bits per heavy atom. The fraction of sp³-hybridized carbons (Fsp3) is 0.235. The summed E-state index contributed by atoms with van der Waals surface area (Å²) >= 11 is 0. The van der Waals surface area contributed by atoms with E-state index in [4.69, 9.17) is 5.73 Å². The Hall–Kier alpha value is -1.66. The van der Waals surface area contributed by atoms with E-state index < -0.39 is 7.92 Å². The van der Waals surface area contributed by atoms with E-state index in [1.807, 2.05) is 36.4 Å². The molecule has 104 valence electrons. The summed E-state index contributed by atoms with van der Waals surface area (Å²) in [5, 5.41) is 2.39. The molecule has 0 saturated carbocycles. The summed E-state index contributed by atoms with van der Waals surface area (Å²) in [6, 6.07) is 20.8. The molecule has 0 saturated heterocycles. The lowest BCUT2D eigenvalue weighted by Gasteiger charge is -2.34. The Labute approximate surface area is 121 Å². The Morgan fingerprint density at radius 2 is 1.35 bits per heavy atom. The van der Waals surface area contributed by atoms with Gasteiger partial charge in [0.25, 0.3) is 0 Å². The third-order valence-electron chi connectivity index (χ3n) is 3.24. The van der Waals surface area contributed by atoms with Crippen LogP contribution in [0.1, 0.15) is 20.3 Å². The molecule has 0 atom stereocenters. The minimum atomic E-state index is -0.627. The van der Waals surface area contributed by atoms with Gasteiger partial charge in [0.1, 0.15) is 0 Å². The van der Waals surface area contributed by atoms with E-state index in [9.17, 15) is 4.79 Å². The number of carbonyl (C=O) groups is 1. The smallest absolute Gasteiger partial charge is 0.218 e. The van der Waals surface area contributed by atoms with E-state index in [-0.39, 0.29) is 11.1 Å². The zero-order valence-corrected chi connectivity index (χ0v) is 12.8. The SMILES string of the molecule is CC(C)(CC(N)=O)P(c1ccccc1)c1ccccc1. The summed E-state index contributed by atoms with van der Waals surface area (Å²) in [6.45, 7) is 4.26. The monoisotopic (exact) mass is 285 g/mol. The molecule has 0 spiro atoms. The number of primary amides is 1. The van der Waals surface area contributed by atoms with Crippen molar-refractivity contribution in [3.8, 4) is 0 Å². The molecule has 2 rings (SSSR count). The van der Waals surface area contributed by atoms with Crippen LogP contribution in [-0.4, -0.2) is 11.1 Å². The zero-order valence-electron chi connectivity index (χ0n) is 11.9. The van der Waals surface area contributed by atoms with E-state index in [1.165, 1.54) is 10.6 Å². The lowest BCUT2D eigenvalue weighted by atomic mass is 10.1. The Bertz CT molecular complexity index is 527. The highest BCUT2D eigenvalue weighted by Gasteiger charge is 2.33. The number of amides is 1. The number of benzene rings is 2. The molecule has 0 bridgehead atoms. The fourth-order valence-corrected chi connectivity index (χ4v) is 5.46. The molecule has 0 radical (unpaired) electrons. The van der Waals surface area contributed by atoms with Gasteiger partial charge in [-0.15, -0.1) is 0 Å². The Morgan fingerprint density at radius 3 is 1.70 bits per heavy atom. The van der Waals surface area contributed by atoms with Gasteiger partial charge in [-0.25, -0.2) is 0 Å². The summed E-state index contributed by atoms with van der Waals surface area (Å²) in [5.74, 6) is -0.241. The number of rotatable bonds is 5. The average molecular weight is 285 g/mol. The molecule has 2 aromatic rings. The molecule has 0 aliphatic rings. The van der Waals surface area contributed by atoms with Crippen molar-refractivity contribution in [2.75, 3.05) is 0 Å². The van der Waals surface area contributed by atoms with E-state index >= 15 is 0 Å². The van der Waals surface area contributed by atoms with Crippen LogP contribution in [0.4, 0.5) is 0 Å². The lowest BCUT2D eigenvalue weighted by molar-refractivity contribution is -0.118. The van der Waals surface area contributed by atoms with Gasteiger partial charge in [-0.3, -0.25) is 4.79 Å². The van der Waals surface area contributed by atoms with Crippen LogP contribution in [0.2, 0.25) is 0 Å². The van der Waals surface area contributed by atoms with Crippen molar-refractivity contribution in [3.05, 3.63) is 60.7 Å². The molecule has 1 amide bonds. The number of hydrogen-bond donors (Lipinski definition) is 1. The molecule has 2 N–H and O–H groups in total. The van der Waals surface area contributed by atoms with E-state index in [1.54, 1.807) is 0 Å². The van der Waals surface area contributed by atoms with Gasteiger partial charge in [0.15, 0.2) is 0 Å². The van der Waals surface area contributed by atoms with Crippen molar-refractivity contribution in [2.45, 2.75) is 25.4 Å². The molecule has 2 nitrogen and oxygen atoms in total. The van der Waals surface area contributed by atoms with Crippen LogP contribution in [0.25, 0.3) is 0 Å². The quantitative estimate of drug-likeness (QED) is 0.843. The van der Waals surface area contributed by atoms with Gasteiger partial charge in [0.05, 0.1) is 0 Å². The number of nitrogens with two attached hydrogens (primary N) is 1. The van der Waals surface area contributed by atoms with Gasteiger partial charge < -0.3 is 5.73 Å². The largest absolute Gasteiger partial charge is 0.370 e. The normalized spacial score (nSPS) is 11.6. The predicted molar refractivity (Wildman–Crippen MR) is 87.0 cm³/mol. The third kappa shape index (κ3) is 3.46. The molecule has 3 heteroatoms. The van der Waals surface area contributed by atoms with Crippen molar-refractivity contribution >= 4 is 24.4 Å². The average Bonchev–Trinajstić information content (AvgIpc) is 2.39. The van der Waals surface area contributed by atoms with Gasteiger partial charge in [0.2, 0.25) is 5.91 Å². The lowest BCUT2D eigenvalue weighted by Crippen LogP contribution is -2.33. The number of carbonyl (C=O) groups excluding carboxylic acids is 1. The molecular weight excluding hydrogens is 265 g/mol. The summed E-state index contributed by atoms with van der Waals surface area (Å²) < 4.78 is 0. The summed E-state index contributed by atoms with van der Waals surface area (Å²) in [5.41, 5.74) is 5.44. The third-order valence-corrected chi connectivity index (χ3v) is 6.24. The summed E-state index contributed by atoms with van der Waals surface area (Å²) in [4.78, 5) is 11.4. The fourth-order valence-electron chi connectivity index (χ4n) is 2.51. The van der Waals surface area contributed by atoms with Crippen molar-refractivity contribution in [3.63, 3.8) is 0 Å². The highest BCUT2D eigenvalue weighted by Crippen LogP contribution is 2.49. The van der Waals surface area contributed by atoms with Gasteiger partial charge >= 0.3 is 0 Å². The van der Waals surface area contributed by atoms with Crippen molar-refractivity contribution in [1.82, 2.24) is 0 Å². The van der Waals surface area contributed by atoms with Gasteiger partial charge in [0, 0.05) is 11.6 Å². The topological polar surface area (TPSA) is 43.1 Å². The second-order valence-electron chi connectivity index (χ2n) is 5.46. The summed E-state index contributed by atoms with van der Waals surface area (Å²) in [6.07, 6.45) is 0.391. The molecular formula is C17H20NOP. The van der Waals surface area contributed by atoms with Crippen LogP contribution >= 0.6 is 7.92 Å². The maximum absolute atomic E-state index is 11.4. The zero-order chi connectivity index (χ0) is 14.6. The van der Waals surface area contributed by atoms with E-state index in [0.717, 1.165) is 0 Å². The highest BCUT2D eigenvalue weighted by atomic mass is 31.1. The van der Waals surface area contributed by atoms with Crippen molar-refractivity contribution in [1.29, 1.82) is 0 Å². The van der Waals surface area contributed by atoms with Gasteiger partial charge in [-0.1, -0.05) is 74.5 Å². The molecule has 0 aliphatic carbocycles. The summed E-state index contributed by atoms with van der Waals surface area (Å²) in [7, 11) is -0.627. The van der Waals surface area contributed by atoms with Crippen LogP contribution < -0.4 is 16.3 Å². The van der Waals surface area contributed by atoms with Gasteiger partial charge in [-0.05, 0) is 18.5 Å². The molecule has 0 heterocycles.